The summed E-state index contributed by atoms with van der Waals surface area (Å²) in [5.74, 6) is 0. The van der Waals surface area contributed by atoms with Crippen LogP contribution in [0.5, 0.6) is 0 Å². The molecule has 0 aliphatic carbocycles. The zero-order chi connectivity index (χ0) is 58.9. The van der Waals surface area contributed by atoms with Gasteiger partial charge in [0.05, 0.1) is 52.9 Å². The molecule has 0 amide bonds. The SMILES string of the molecule is OC[C@H]1O[C@@H]2O[C@H]3[C@@H]4O[C@@H]4[C@@H](O[C@H]4[C@@H]5O[C@@H]5[C@@H](O[C@H]5[C@H](O)[C@@H](O)[C@@H](O[C@H]6[C@H](O)[C@@H](O)[C@@H](O[C@H]7[C@@H]8O[C@@H]8[C@@H](O[C@H]8[C@@H]9O[C@@H]9[C@@H](O[C@H]9[C@H](O)[C@@H](O)[C@@H](O[C@H]1[C@H](O)[C@H]2O)O[C@@H]9CO)O[C@@H]8CO)O[C@@H]7CO)O[C@@H]6CO)O[C@@H]5CO)O[C@@H]4CO)O[C@@H]3CO. The van der Waals surface area contributed by atoms with Crippen molar-refractivity contribution in [3.05, 3.63) is 0 Å². The van der Waals surface area contributed by atoms with Crippen LogP contribution in [0.25, 0.3) is 0 Å². The highest BCUT2D eigenvalue weighted by atomic mass is 16.8. The molecule has 22 rings (SSSR count). The number of rotatable bonds is 8. The first kappa shape index (κ1) is 61.4. The van der Waals surface area contributed by atoms with Crippen LogP contribution in [0.1, 0.15) is 0 Å². The smallest absolute Gasteiger partial charge is 0.187 e. The van der Waals surface area contributed by atoms with Gasteiger partial charge in [-0.05, 0) is 0 Å². The first-order valence-corrected chi connectivity index (χ1v) is 28.0. The quantitative estimate of drug-likeness (QED) is 0.100. The van der Waals surface area contributed by atoms with Gasteiger partial charge in [-0.15, -0.1) is 0 Å². The van der Waals surface area contributed by atoms with Crippen molar-refractivity contribution in [2.75, 3.05) is 52.9 Å². The molecule has 0 aromatic heterocycles. The number of ether oxygens (including phenoxy) is 20. The van der Waals surface area contributed by atoms with Crippen LogP contribution in [-0.4, -0.2) is 380 Å². The Balaban J connectivity index is 0.735. The molecule has 22 aliphatic heterocycles. The van der Waals surface area contributed by atoms with Crippen molar-refractivity contribution >= 4 is 0 Å². The highest BCUT2D eigenvalue weighted by Crippen LogP contribution is 2.49. The first-order valence-electron chi connectivity index (χ1n) is 28.0. The molecule has 22 saturated heterocycles. The lowest BCUT2D eigenvalue weighted by molar-refractivity contribution is -0.379. The number of aliphatic hydroxyl groups excluding tert-OH is 16. The van der Waals surface area contributed by atoms with Gasteiger partial charge in [0.25, 0.3) is 0 Å². The molecule has 0 unspecified atom stereocenters. The van der Waals surface area contributed by atoms with E-state index in [0.717, 1.165) is 0 Å². The standard InChI is InChI=1S/C48H72O36/c49-1-9-25-17(57)23(63)43(67-9)81-29-13(5-53)71-47(39-33(29)73-39)83-31-15(7-55)70-46(38-35(31)76-38)80-28-12(4-52)66-42(22(62)20(28)60)78-26-10(2-50)68-44(24(64)18(26)58)82-30-14(6-54)72-48(40-34(30)74-40)84-32-16(8-56)69-45(37-36(32)75-37)79-27-11(3-51)65-41(77-25)21(61)19(27)59/h9-64H,1-8H2/t9-,10-,11-,12-,13-,14-,15-,16-,17-,18-,19-,20-,21-,22-,23-,24-,25-,26-,27-,28-,29-,30-,31-,32-,33+,34+,35+,36+,37+,38+,39+,40+,41-,42-,43-,44-,45-,46-,47-,48-/m1/s1. The highest BCUT2D eigenvalue weighted by Gasteiger charge is 2.68. The Hall–Kier alpha value is -1.44. The number of hydrogen-bond donors (Lipinski definition) is 16. The van der Waals surface area contributed by atoms with Crippen LogP contribution in [0.4, 0.5) is 0 Å². The molecule has 36 nitrogen and oxygen atoms in total. The molecular formula is C48H72O36. The number of hydrogen-bond acceptors (Lipinski definition) is 36. The molecule has 36 heteroatoms. The van der Waals surface area contributed by atoms with E-state index in [0.29, 0.717) is 0 Å². The van der Waals surface area contributed by atoms with Crippen molar-refractivity contribution in [1.29, 1.82) is 0 Å². The second-order valence-electron chi connectivity index (χ2n) is 22.8. The van der Waals surface area contributed by atoms with E-state index >= 15 is 0 Å². The Morgan fingerprint density at radius 3 is 0.500 bits per heavy atom. The third kappa shape index (κ3) is 11.1. The van der Waals surface area contributed by atoms with E-state index in [1.165, 1.54) is 0 Å². The predicted octanol–water partition coefficient (Wildman–Crippen LogP) is -13.2. The van der Waals surface area contributed by atoms with E-state index in [-0.39, 0.29) is 0 Å². The Morgan fingerprint density at radius 1 is 0.143 bits per heavy atom. The van der Waals surface area contributed by atoms with Gasteiger partial charge >= 0.3 is 0 Å². The van der Waals surface area contributed by atoms with Gasteiger partial charge < -0.3 is 176 Å². The fraction of sp³-hybridized carbons (Fsp3) is 1.00. The second-order valence-corrected chi connectivity index (χ2v) is 22.8. The monoisotopic (exact) mass is 1220 g/mol. The Kier molecular flexibility index (Phi) is 18.0. The highest BCUT2D eigenvalue weighted by molar-refractivity contribution is 5.09. The summed E-state index contributed by atoms with van der Waals surface area (Å²) in [6.07, 6.45) is -57.5. The molecule has 0 saturated carbocycles. The van der Waals surface area contributed by atoms with Crippen LogP contribution in [0.2, 0.25) is 0 Å². The van der Waals surface area contributed by atoms with Crippen molar-refractivity contribution in [3.63, 3.8) is 0 Å². The maximum absolute atomic E-state index is 11.5. The van der Waals surface area contributed by atoms with E-state index < -0.39 is 299 Å². The second kappa shape index (κ2) is 24.6. The normalized spacial score (nSPS) is 58.9. The van der Waals surface area contributed by atoms with Crippen LogP contribution in [0.15, 0.2) is 0 Å². The summed E-state index contributed by atoms with van der Waals surface area (Å²) in [6.45, 7) is -6.32. The molecule has 480 valence electrons. The van der Waals surface area contributed by atoms with E-state index in [4.69, 9.17) is 94.7 Å². The van der Waals surface area contributed by atoms with Crippen LogP contribution in [-0.2, 0) is 94.7 Å². The average Bonchev–Trinajstić information content (AvgIpc) is 2.10. The molecule has 22 aliphatic rings. The molecule has 0 aromatic carbocycles. The zero-order valence-electron chi connectivity index (χ0n) is 44.1. The van der Waals surface area contributed by atoms with Crippen molar-refractivity contribution in [3.8, 4) is 0 Å². The summed E-state index contributed by atoms with van der Waals surface area (Å²) in [4.78, 5) is 0. The summed E-state index contributed by atoms with van der Waals surface area (Å²) >= 11 is 0. The number of epoxide rings is 4. The Bertz CT molecular complexity index is 2060. The largest absolute Gasteiger partial charge is 0.394 e. The topological polar surface area (TPSA) is 521 Å². The lowest BCUT2D eigenvalue weighted by Gasteiger charge is -2.48. The van der Waals surface area contributed by atoms with Gasteiger partial charge in [0.2, 0.25) is 0 Å². The predicted molar refractivity (Wildman–Crippen MR) is 248 cm³/mol. The van der Waals surface area contributed by atoms with Crippen molar-refractivity contribution in [1.82, 2.24) is 0 Å². The van der Waals surface area contributed by atoms with E-state index in [2.05, 4.69) is 0 Å². The Labute approximate surface area is 474 Å². The molecule has 22 fully saturated rings. The molecule has 0 aromatic rings. The Morgan fingerprint density at radius 2 is 0.298 bits per heavy atom. The maximum Gasteiger partial charge on any atom is 0.187 e. The van der Waals surface area contributed by atoms with Crippen LogP contribution >= 0.6 is 0 Å². The van der Waals surface area contributed by atoms with Gasteiger partial charge in [0.1, 0.15) is 195 Å². The van der Waals surface area contributed by atoms with Crippen molar-refractivity contribution in [2.24, 2.45) is 0 Å². The van der Waals surface area contributed by atoms with E-state index in [9.17, 15) is 81.7 Å². The third-order valence-corrected chi connectivity index (χ3v) is 17.6. The van der Waals surface area contributed by atoms with Gasteiger partial charge in [-0.3, -0.25) is 0 Å². The molecule has 40 atom stereocenters. The lowest BCUT2D eigenvalue weighted by atomic mass is 9.96. The number of aliphatic hydroxyl groups is 16. The van der Waals surface area contributed by atoms with E-state index in [1.54, 1.807) is 0 Å². The summed E-state index contributed by atoms with van der Waals surface area (Å²) in [5, 5.41) is 176. The van der Waals surface area contributed by atoms with Crippen LogP contribution in [0, 0.1) is 0 Å². The van der Waals surface area contributed by atoms with Crippen molar-refractivity contribution < 1.29 is 176 Å². The fourth-order valence-corrected chi connectivity index (χ4v) is 12.9. The maximum atomic E-state index is 11.5. The molecule has 0 radical (unpaired) electrons. The third-order valence-electron chi connectivity index (χ3n) is 17.6. The van der Waals surface area contributed by atoms with Gasteiger partial charge in [-0.25, -0.2) is 0 Å². The minimum absolute atomic E-state index is 0.700. The van der Waals surface area contributed by atoms with Gasteiger partial charge in [-0.1, -0.05) is 0 Å². The average molecular weight is 1230 g/mol. The summed E-state index contributed by atoms with van der Waals surface area (Å²) in [5.41, 5.74) is 0. The van der Waals surface area contributed by atoms with Crippen LogP contribution in [0.3, 0.4) is 0 Å². The minimum Gasteiger partial charge on any atom is -0.394 e. The molecule has 16 N–H and O–H groups in total. The van der Waals surface area contributed by atoms with Crippen molar-refractivity contribution in [2.45, 2.75) is 246 Å². The summed E-state index contributed by atoms with van der Waals surface area (Å²) in [6, 6.07) is 0. The van der Waals surface area contributed by atoms with E-state index in [1.807, 2.05) is 0 Å². The molecular weight excluding hydrogens is 1150 g/mol. The van der Waals surface area contributed by atoms with Gasteiger partial charge in [-0.2, -0.15) is 0 Å². The fourth-order valence-electron chi connectivity index (χ4n) is 12.9. The van der Waals surface area contributed by atoms with Gasteiger partial charge in [0.15, 0.2) is 50.3 Å². The first-order chi connectivity index (χ1) is 40.5. The summed E-state index contributed by atoms with van der Waals surface area (Å²) < 4.78 is 120. The van der Waals surface area contributed by atoms with Gasteiger partial charge in [0, 0.05) is 0 Å². The van der Waals surface area contributed by atoms with Crippen LogP contribution < -0.4 is 0 Å². The molecule has 0 spiro atoms. The summed E-state index contributed by atoms with van der Waals surface area (Å²) in [7, 11) is 0. The minimum atomic E-state index is -2.00. The molecule has 84 heavy (non-hydrogen) atoms. The molecule has 22 heterocycles. The lowest BCUT2D eigenvalue weighted by Crippen LogP contribution is -2.66. The zero-order valence-corrected chi connectivity index (χ0v) is 44.1. The molecule has 16 bridgehead atoms.